The molecule has 20 heavy (non-hydrogen) atoms. The predicted molar refractivity (Wildman–Crippen MR) is 76.6 cm³/mol. The Morgan fingerprint density at radius 3 is 2.55 bits per heavy atom. The van der Waals surface area contributed by atoms with Gasteiger partial charge in [-0.2, -0.15) is 0 Å². The van der Waals surface area contributed by atoms with Crippen molar-refractivity contribution in [2.45, 2.75) is 32.7 Å². The first-order valence-electron chi connectivity index (χ1n) is 6.20. The summed E-state index contributed by atoms with van der Waals surface area (Å²) < 4.78 is 0. The molecule has 0 radical (unpaired) electrons. The van der Waals surface area contributed by atoms with Crippen LogP contribution in [0, 0.1) is 10.1 Å². The van der Waals surface area contributed by atoms with Gasteiger partial charge in [-0.1, -0.05) is 0 Å². The summed E-state index contributed by atoms with van der Waals surface area (Å²) in [7, 11) is 0. The lowest BCUT2D eigenvalue weighted by molar-refractivity contribution is -0.384. The fourth-order valence-corrected chi connectivity index (χ4v) is 1.78. The molecular weight excluding hydrogens is 262 g/mol. The van der Waals surface area contributed by atoms with Crippen molar-refractivity contribution >= 4 is 23.2 Å². The number of amides is 1. The van der Waals surface area contributed by atoms with E-state index in [2.05, 4.69) is 15.6 Å². The molecule has 1 aromatic rings. The molecule has 1 rings (SSSR count). The van der Waals surface area contributed by atoms with Gasteiger partial charge in [0.1, 0.15) is 11.6 Å². The number of pyridine rings is 1. The predicted octanol–water partition coefficient (Wildman–Crippen LogP) is 1.49. The van der Waals surface area contributed by atoms with Crippen LogP contribution >= 0.6 is 0 Å². The van der Waals surface area contributed by atoms with E-state index in [1.807, 2.05) is 6.92 Å². The van der Waals surface area contributed by atoms with Crippen LogP contribution in [0.25, 0.3) is 0 Å². The van der Waals surface area contributed by atoms with Gasteiger partial charge in [-0.15, -0.1) is 0 Å². The summed E-state index contributed by atoms with van der Waals surface area (Å²) in [4.78, 5) is 25.6. The first-order valence-corrected chi connectivity index (χ1v) is 6.20. The highest BCUT2D eigenvalue weighted by atomic mass is 16.6. The van der Waals surface area contributed by atoms with Gasteiger partial charge in [-0.25, -0.2) is 4.98 Å². The maximum absolute atomic E-state index is 11.0. The number of carbonyl (C=O) groups excluding carboxylic acids is 1. The molecule has 1 amide bonds. The van der Waals surface area contributed by atoms with E-state index in [9.17, 15) is 14.9 Å². The number of nitrogens with one attached hydrogen (secondary N) is 2. The van der Waals surface area contributed by atoms with Crippen LogP contribution in [0.5, 0.6) is 0 Å². The lowest BCUT2D eigenvalue weighted by atomic mass is 10.0. The molecule has 8 nitrogen and oxygen atoms in total. The third kappa shape index (κ3) is 4.71. The lowest BCUT2D eigenvalue weighted by Crippen LogP contribution is -2.36. The molecule has 0 atom stereocenters. The zero-order chi connectivity index (χ0) is 15.3. The van der Waals surface area contributed by atoms with E-state index in [-0.39, 0.29) is 12.1 Å². The van der Waals surface area contributed by atoms with E-state index in [0.717, 1.165) is 0 Å². The Hall–Kier alpha value is -2.38. The molecule has 4 N–H and O–H groups in total. The average molecular weight is 281 g/mol. The topological polar surface area (TPSA) is 123 Å². The number of aromatic nitrogens is 1. The van der Waals surface area contributed by atoms with Crippen LogP contribution < -0.4 is 16.4 Å². The molecule has 110 valence electrons. The van der Waals surface area contributed by atoms with Gasteiger partial charge in [-0.05, 0) is 20.8 Å². The highest BCUT2D eigenvalue weighted by molar-refractivity contribution is 5.75. The summed E-state index contributed by atoms with van der Waals surface area (Å²) in [5.74, 6) is 0.264. The molecule has 1 aromatic heterocycles. The van der Waals surface area contributed by atoms with E-state index >= 15 is 0 Å². The van der Waals surface area contributed by atoms with Crippen LogP contribution in [0.15, 0.2) is 12.1 Å². The summed E-state index contributed by atoms with van der Waals surface area (Å²) >= 11 is 0. The Morgan fingerprint density at radius 1 is 1.45 bits per heavy atom. The number of anilines is 2. The van der Waals surface area contributed by atoms with Gasteiger partial charge in [0.15, 0.2) is 0 Å². The summed E-state index contributed by atoms with van der Waals surface area (Å²) in [5.41, 5.74) is 4.45. The van der Waals surface area contributed by atoms with Crippen LogP contribution in [0.1, 0.15) is 27.2 Å². The van der Waals surface area contributed by atoms with Crippen LogP contribution in [-0.2, 0) is 4.79 Å². The number of hydrogen-bond acceptors (Lipinski definition) is 6. The van der Waals surface area contributed by atoms with Gasteiger partial charge in [0.05, 0.1) is 17.1 Å². The molecule has 8 heteroatoms. The Labute approximate surface area is 116 Å². The van der Waals surface area contributed by atoms with Crippen molar-refractivity contribution in [2.75, 3.05) is 17.2 Å². The van der Waals surface area contributed by atoms with Crippen LogP contribution in [0.3, 0.4) is 0 Å². The molecule has 0 saturated carbocycles. The van der Waals surface area contributed by atoms with E-state index in [1.165, 1.54) is 12.1 Å². The number of nitrogens with zero attached hydrogens (tertiary/aromatic N) is 2. The first kappa shape index (κ1) is 15.7. The van der Waals surface area contributed by atoms with Crippen molar-refractivity contribution in [3.05, 3.63) is 22.2 Å². The van der Waals surface area contributed by atoms with Crippen LogP contribution in [0.4, 0.5) is 17.3 Å². The van der Waals surface area contributed by atoms with Crippen molar-refractivity contribution < 1.29 is 9.72 Å². The number of nitro groups is 1. The zero-order valence-electron chi connectivity index (χ0n) is 11.8. The molecule has 0 aliphatic heterocycles. The van der Waals surface area contributed by atoms with Crippen molar-refractivity contribution in [3.63, 3.8) is 0 Å². The highest BCUT2D eigenvalue weighted by Crippen LogP contribution is 2.24. The monoisotopic (exact) mass is 281 g/mol. The van der Waals surface area contributed by atoms with Crippen molar-refractivity contribution in [3.8, 4) is 0 Å². The van der Waals surface area contributed by atoms with Crippen molar-refractivity contribution in [2.24, 2.45) is 5.73 Å². The Morgan fingerprint density at radius 2 is 2.05 bits per heavy atom. The smallest absolute Gasteiger partial charge is 0.276 e. The Kier molecular flexibility index (Phi) is 4.84. The number of nitrogens with two attached hydrogens (primary N) is 1. The molecule has 1 heterocycles. The summed E-state index contributed by atoms with van der Waals surface area (Å²) in [5, 5.41) is 16.8. The molecule has 0 fully saturated rings. The number of primary amides is 1. The van der Waals surface area contributed by atoms with Gasteiger partial charge < -0.3 is 16.4 Å². The third-order valence-electron chi connectivity index (χ3n) is 2.46. The maximum atomic E-state index is 11.0. The van der Waals surface area contributed by atoms with E-state index in [1.54, 1.807) is 13.8 Å². The minimum absolute atomic E-state index is 0.0756. The molecular formula is C12H19N5O3. The first-order chi connectivity index (χ1) is 9.23. The highest BCUT2D eigenvalue weighted by Gasteiger charge is 2.22. The van der Waals surface area contributed by atoms with E-state index in [4.69, 9.17) is 5.73 Å². The quantitative estimate of drug-likeness (QED) is 0.514. The van der Waals surface area contributed by atoms with Gasteiger partial charge in [0, 0.05) is 18.5 Å². The fourth-order valence-electron chi connectivity index (χ4n) is 1.78. The number of hydrogen-bond donors (Lipinski definition) is 3. The van der Waals surface area contributed by atoms with Gasteiger partial charge in [-0.3, -0.25) is 14.9 Å². The summed E-state index contributed by atoms with van der Waals surface area (Å²) in [6.45, 7) is 6.00. The number of rotatable bonds is 7. The third-order valence-corrected chi connectivity index (χ3v) is 2.46. The molecule has 0 spiro atoms. The normalized spacial score (nSPS) is 10.9. The largest absolute Gasteiger partial charge is 0.370 e. The summed E-state index contributed by atoms with van der Waals surface area (Å²) in [6, 6.07) is 2.68. The summed E-state index contributed by atoms with van der Waals surface area (Å²) in [6.07, 6.45) is 0.0912. The zero-order valence-corrected chi connectivity index (χ0v) is 11.8. The molecule has 0 saturated heterocycles. The minimum Gasteiger partial charge on any atom is -0.370 e. The molecule has 0 unspecified atom stereocenters. The maximum Gasteiger partial charge on any atom is 0.276 e. The van der Waals surface area contributed by atoms with E-state index in [0.29, 0.717) is 18.2 Å². The molecule has 0 bridgehead atoms. The van der Waals surface area contributed by atoms with Crippen molar-refractivity contribution in [1.82, 2.24) is 4.98 Å². The molecule has 0 aliphatic rings. The minimum atomic E-state index is -0.641. The fraction of sp³-hybridized carbons (Fsp3) is 0.500. The van der Waals surface area contributed by atoms with Gasteiger partial charge >= 0.3 is 0 Å². The SMILES string of the molecule is CCNc1cc([N+](=O)[O-])cc(NC(C)(C)CC(N)=O)n1. The van der Waals surface area contributed by atoms with Crippen LogP contribution in [0.2, 0.25) is 0 Å². The number of carbonyl (C=O) groups is 1. The van der Waals surface area contributed by atoms with Crippen LogP contribution in [-0.4, -0.2) is 27.9 Å². The van der Waals surface area contributed by atoms with E-state index < -0.39 is 16.4 Å². The van der Waals surface area contributed by atoms with Gasteiger partial charge in [0.2, 0.25) is 5.91 Å². The van der Waals surface area contributed by atoms with Gasteiger partial charge in [0.25, 0.3) is 5.69 Å². The standard InChI is InChI=1S/C12H19N5O3/c1-4-14-10-5-8(17(19)20)6-11(15-10)16-12(2,3)7-9(13)18/h5-6H,4,7H2,1-3H3,(H2,13,18)(H2,14,15,16). The molecule has 0 aliphatic carbocycles. The van der Waals surface area contributed by atoms with Crippen molar-refractivity contribution in [1.29, 1.82) is 0 Å². The Balaban J connectivity index is 3.04. The Bertz CT molecular complexity index is 516. The lowest BCUT2D eigenvalue weighted by Gasteiger charge is -2.25. The second-order valence-electron chi connectivity index (χ2n) is 5.04. The second kappa shape index (κ2) is 6.18. The average Bonchev–Trinajstić information content (AvgIpc) is 2.26. The second-order valence-corrected chi connectivity index (χ2v) is 5.04. The molecule has 0 aromatic carbocycles.